The number of nitrogens with one attached hydrogen (secondary N) is 1. The molecule has 0 aliphatic carbocycles. The molecule has 0 saturated carbocycles. The summed E-state index contributed by atoms with van der Waals surface area (Å²) >= 11 is 1.20. The zero-order valence-electron chi connectivity index (χ0n) is 9.78. The van der Waals surface area contributed by atoms with Crippen molar-refractivity contribution in [1.29, 1.82) is 0 Å². The fraction of sp³-hybridized carbons (Fsp3) is 0.167. The molecule has 0 spiro atoms. The fourth-order valence-electron chi connectivity index (χ4n) is 1.51. The van der Waals surface area contributed by atoms with Crippen LogP contribution in [0.1, 0.15) is 20.8 Å². The number of thiazole rings is 1. The van der Waals surface area contributed by atoms with E-state index in [4.69, 9.17) is 0 Å². The third-order valence-corrected chi connectivity index (χ3v) is 3.15. The first-order chi connectivity index (χ1) is 8.88. The Morgan fingerprint density at radius 1 is 1.32 bits per heavy atom. The standard InChI is InChI=1S/C12H9F3N2OS/c1-7-6-16-11(19-7)17-10(18)8-4-2-3-5-9(8)12(13,14)15/h2-6H,1H3,(H,16,17,18). The van der Waals surface area contributed by atoms with Crippen LogP contribution in [0.3, 0.4) is 0 Å². The van der Waals surface area contributed by atoms with Crippen molar-refractivity contribution in [2.45, 2.75) is 13.1 Å². The van der Waals surface area contributed by atoms with Crippen LogP contribution in [0.15, 0.2) is 30.5 Å². The van der Waals surface area contributed by atoms with Crippen molar-refractivity contribution in [3.05, 3.63) is 46.5 Å². The summed E-state index contributed by atoms with van der Waals surface area (Å²) in [5.41, 5.74) is -1.37. The van der Waals surface area contributed by atoms with E-state index >= 15 is 0 Å². The lowest BCUT2D eigenvalue weighted by Gasteiger charge is -2.11. The molecular formula is C12H9F3N2OS. The first-order valence-electron chi connectivity index (χ1n) is 5.28. The van der Waals surface area contributed by atoms with Crippen molar-refractivity contribution >= 4 is 22.4 Å². The van der Waals surface area contributed by atoms with E-state index in [0.717, 1.165) is 17.0 Å². The summed E-state index contributed by atoms with van der Waals surface area (Å²) in [5, 5.41) is 2.64. The Morgan fingerprint density at radius 3 is 2.58 bits per heavy atom. The first-order valence-corrected chi connectivity index (χ1v) is 6.09. The Bertz CT molecular complexity index is 607. The van der Waals surface area contributed by atoms with E-state index in [0.29, 0.717) is 0 Å². The number of hydrogen-bond acceptors (Lipinski definition) is 3. The van der Waals surface area contributed by atoms with Crippen molar-refractivity contribution in [1.82, 2.24) is 4.98 Å². The molecule has 0 radical (unpaired) electrons. The van der Waals surface area contributed by atoms with Crippen molar-refractivity contribution in [2.24, 2.45) is 0 Å². The molecule has 7 heteroatoms. The number of nitrogens with zero attached hydrogens (tertiary/aromatic N) is 1. The van der Waals surface area contributed by atoms with Gasteiger partial charge >= 0.3 is 6.18 Å². The van der Waals surface area contributed by atoms with Gasteiger partial charge < -0.3 is 0 Å². The summed E-state index contributed by atoms with van der Waals surface area (Å²) in [6.45, 7) is 1.79. The summed E-state index contributed by atoms with van der Waals surface area (Å²) in [6.07, 6.45) is -3.03. The van der Waals surface area contributed by atoms with Gasteiger partial charge in [0.25, 0.3) is 5.91 Å². The minimum absolute atomic E-state index is 0.277. The number of aromatic nitrogens is 1. The topological polar surface area (TPSA) is 42.0 Å². The van der Waals surface area contributed by atoms with E-state index in [1.54, 1.807) is 6.92 Å². The van der Waals surface area contributed by atoms with Crippen molar-refractivity contribution in [3.63, 3.8) is 0 Å². The Hall–Kier alpha value is -1.89. The predicted molar refractivity (Wildman–Crippen MR) is 66.2 cm³/mol. The normalized spacial score (nSPS) is 11.4. The van der Waals surface area contributed by atoms with Gasteiger partial charge in [0.05, 0.1) is 11.1 Å². The number of rotatable bonds is 2. The van der Waals surface area contributed by atoms with Gasteiger partial charge in [-0.15, -0.1) is 11.3 Å². The molecule has 1 N–H and O–H groups in total. The Morgan fingerprint density at radius 2 is 2.00 bits per heavy atom. The van der Waals surface area contributed by atoms with Crippen LogP contribution in [-0.4, -0.2) is 10.9 Å². The average molecular weight is 286 g/mol. The number of benzene rings is 1. The second-order valence-corrected chi connectivity index (χ2v) is 5.01. The highest BCUT2D eigenvalue weighted by molar-refractivity contribution is 7.15. The molecule has 2 aromatic rings. The number of alkyl halides is 3. The average Bonchev–Trinajstić information content (AvgIpc) is 2.73. The van der Waals surface area contributed by atoms with E-state index in [-0.39, 0.29) is 5.13 Å². The van der Waals surface area contributed by atoms with Gasteiger partial charge in [-0.2, -0.15) is 13.2 Å². The third kappa shape index (κ3) is 3.11. The molecule has 3 nitrogen and oxygen atoms in total. The SMILES string of the molecule is Cc1cnc(NC(=O)c2ccccc2C(F)(F)F)s1. The minimum Gasteiger partial charge on any atom is -0.298 e. The van der Waals surface area contributed by atoms with Gasteiger partial charge in [-0.3, -0.25) is 10.1 Å². The summed E-state index contributed by atoms with van der Waals surface area (Å²) in [7, 11) is 0. The molecule has 0 aliphatic rings. The number of amides is 1. The van der Waals surface area contributed by atoms with Crippen LogP contribution in [0.4, 0.5) is 18.3 Å². The van der Waals surface area contributed by atoms with E-state index in [9.17, 15) is 18.0 Å². The highest BCUT2D eigenvalue weighted by Gasteiger charge is 2.34. The summed E-state index contributed by atoms with van der Waals surface area (Å²) in [5.74, 6) is -0.817. The van der Waals surface area contributed by atoms with Crippen molar-refractivity contribution < 1.29 is 18.0 Å². The highest BCUT2D eigenvalue weighted by Crippen LogP contribution is 2.32. The fourth-order valence-corrected chi connectivity index (χ4v) is 2.16. The summed E-state index contributed by atoms with van der Waals surface area (Å²) in [6, 6.07) is 4.64. The van der Waals surface area contributed by atoms with Crippen LogP contribution < -0.4 is 5.32 Å². The highest BCUT2D eigenvalue weighted by atomic mass is 32.1. The van der Waals surface area contributed by atoms with Gasteiger partial charge in [0.15, 0.2) is 5.13 Å². The van der Waals surface area contributed by atoms with Crippen LogP contribution in [0.2, 0.25) is 0 Å². The molecule has 0 bridgehead atoms. The number of hydrogen-bond donors (Lipinski definition) is 1. The Balaban J connectivity index is 2.29. The number of aryl methyl sites for hydroxylation is 1. The van der Waals surface area contributed by atoms with Crippen molar-refractivity contribution in [3.8, 4) is 0 Å². The molecule has 1 heterocycles. The summed E-state index contributed by atoms with van der Waals surface area (Å²) < 4.78 is 38.3. The molecule has 1 aromatic carbocycles. The Kier molecular flexibility index (Phi) is 3.57. The maximum absolute atomic E-state index is 12.8. The zero-order valence-corrected chi connectivity index (χ0v) is 10.6. The van der Waals surface area contributed by atoms with Gasteiger partial charge in [-0.25, -0.2) is 4.98 Å². The van der Waals surface area contributed by atoms with Gasteiger partial charge in [0, 0.05) is 11.1 Å². The molecule has 2 rings (SSSR count). The second kappa shape index (κ2) is 5.00. The minimum atomic E-state index is -4.56. The molecule has 1 aromatic heterocycles. The summed E-state index contributed by atoms with van der Waals surface area (Å²) in [4.78, 5) is 16.6. The lowest BCUT2D eigenvalue weighted by Crippen LogP contribution is -2.18. The molecule has 100 valence electrons. The first kappa shape index (κ1) is 13.5. The van der Waals surface area contributed by atoms with Crippen LogP contribution in [-0.2, 0) is 6.18 Å². The third-order valence-electron chi connectivity index (χ3n) is 2.32. The largest absolute Gasteiger partial charge is 0.417 e. The number of anilines is 1. The molecule has 0 aliphatic heterocycles. The van der Waals surface area contributed by atoms with E-state index in [2.05, 4.69) is 10.3 Å². The lowest BCUT2D eigenvalue weighted by atomic mass is 10.1. The molecule has 0 unspecified atom stereocenters. The van der Waals surface area contributed by atoms with Crippen LogP contribution >= 0.6 is 11.3 Å². The lowest BCUT2D eigenvalue weighted by molar-refractivity contribution is -0.137. The quantitative estimate of drug-likeness (QED) is 0.914. The Labute approximate surface area is 111 Å². The molecule has 19 heavy (non-hydrogen) atoms. The van der Waals surface area contributed by atoms with Gasteiger partial charge in [0.1, 0.15) is 0 Å². The number of carbonyl (C=O) groups is 1. The molecule has 0 saturated heterocycles. The zero-order chi connectivity index (χ0) is 14.0. The van der Waals surface area contributed by atoms with Crippen molar-refractivity contribution in [2.75, 3.05) is 5.32 Å². The maximum Gasteiger partial charge on any atom is 0.417 e. The van der Waals surface area contributed by atoms with Gasteiger partial charge in [-0.1, -0.05) is 12.1 Å². The predicted octanol–water partition coefficient (Wildman–Crippen LogP) is 3.72. The van der Waals surface area contributed by atoms with E-state index in [1.807, 2.05) is 0 Å². The van der Waals surface area contributed by atoms with Gasteiger partial charge in [0.2, 0.25) is 0 Å². The van der Waals surface area contributed by atoms with E-state index in [1.165, 1.54) is 29.7 Å². The van der Waals surface area contributed by atoms with Crippen LogP contribution in [0, 0.1) is 6.92 Å². The smallest absolute Gasteiger partial charge is 0.298 e. The molecule has 1 amide bonds. The maximum atomic E-state index is 12.8. The van der Waals surface area contributed by atoms with E-state index < -0.39 is 23.2 Å². The van der Waals surface area contributed by atoms with Gasteiger partial charge in [-0.05, 0) is 19.1 Å². The van der Waals surface area contributed by atoms with Crippen LogP contribution in [0.25, 0.3) is 0 Å². The molecule has 0 atom stereocenters. The number of carbonyl (C=O) groups excluding carboxylic acids is 1. The van der Waals surface area contributed by atoms with Crippen LogP contribution in [0.5, 0.6) is 0 Å². The second-order valence-electron chi connectivity index (χ2n) is 3.77. The monoisotopic (exact) mass is 286 g/mol. The number of halogens is 3. The molecule has 0 fully saturated rings. The molecular weight excluding hydrogens is 277 g/mol.